The predicted molar refractivity (Wildman–Crippen MR) is 83.4 cm³/mol. The molecule has 3 heteroatoms. The maximum Gasteiger partial charge on any atom is 0.185 e. The second-order valence-corrected chi connectivity index (χ2v) is 5.12. The van der Waals surface area contributed by atoms with Crippen molar-refractivity contribution >= 4 is 40.1 Å². The van der Waals surface area contributed by atoms with Gasteiger partial charge in [-0.2, -0.15) is 0 Å². The van der Waals surface area contributed by atoms with Gasteiger partial charge in [0.05, 0.1) is 0 Å². The third kappa shape index (κ3) is 3.43. The molecule has 90 valence electrons. The van der Waals surface area contributed by atoms with E-state index < -0.39 is 0 Å². The quantitative estimate of drug-likeness (QED) is 0.397. The van der Waals surface area contributed by atoms with Crippen molar-refractivity contribution in [1.29, 1.82) is 0 Å². The van der Waals surface area contributed by atoms with Crippen molar-refractivity contribution < 1.29 is 4.79 Å². The minimum atomic E-state index is -0.0199. The molecule has 0 heterocycles. The highest BCUT2D eigenvalue weighted by atomic mass is 127. The molecule has 0 spiro atoms. The molecule has 0 unspecified atom stereocenters. The van der Waals surface area contributed by atoms with Gasteiger partial charge in [-0.25, -0.2) is 0 Å². The predicted octanol–water partition coefficient (Wildman–Crippen LogP) is 3.77. The Bertz CT molecular complexity index is 570. The topological polar surface area (TPSA) is 43.1 Å². The number of rotatable bonds is 3. The molecule has 2 aromatic rings. The van der Waals surface area contributed by atoms with Crippen LogP contribution in [0.3, 0.4) is 0 Å². The van der Waals surface area contributed by atoms with Crippen LogP contribution in [0.1, 0.15) is 15.9 Å². The van der Waals surface area contributed by atoms with E-state index in [0.717, 1.165) is 5.56 Å². The average molecular weight is 349 g/mol. The summed E-state index contributed by atoms with van der Waals surface area (Å²) in [5.41, 5.74) is 7.89. The third-order valence-electron chi connectivity index (χ3n) is 2.49. The second kappa shape index (κ2) is 5.82. The highest BCUT2D eigenvalue weighted by Crippen LogP contribution is 2.10. The number of ketones is 1. The standard InChI is InChI=1S/C15H12INO/c16-13-6-1-11(2-7-13)3-10-15(18)12-4-8-14(17)9-5-12/h1-10H,17H2/b10-3+. The number of nitrogen functional groups attached to an aromatic ring is 1. The van der Waals surface area contributed by atoms with Crippen LogP contribution in [0.2, 0.25) is 0 Å². The first kappa shape index (κ1) is 12.8. The fourth-order valence-electron chi connectivity index (χ4n) is 1.49. The SMILES string of the molecule is Nc1ccc(C(=O)/C=C/c2ccc(I)cc2)cc1. The molecule has 2 aromatic carbocycles. The number of benzene rings is 2. The molecule has 0 saturated carbocycles. The second-order valence-electron chi connectivity index (χ2n) is 3.87. The van der Waals surface area contributed by atoms with E-state index in [4.69, 9.17) is 5.73 Å². The minimum Gasteiger partial charge on any atom is -0.399 e. The number of carbonyl (C=O) groups excluding carboxylic acids is 1. The van der Waals surface area contributed by atoms with Gasteiger partial charge in [0.25, 0.3) is 0 Å². The Labute approximate surface area is 120 Å². The summed E-state index contributed by atoms with van der Waals surface area (Å²) in [6.45, 7) is 0. The van der Waals surface area contributed by atoms with Crippen LogP contribution >= 0.6 is 22.6 Å². The summed E-state index contributed by atoms with van der Waals surface area (Å²) in [6.07, 6.45) is 3.39. The largest absolute Gasteiger partial charge is 0.399 e. The lowest BCUT2D eigenvalue weighted by Gasteiger charge is -1.97. The lowest BCUT2D eigenvalue weighted by Crippen LogP contribution is -1.94. The molecule has 2 rings (SSSR count). The Balaban J connectivity index is 2.11. The van der Waals surface area contributed by atoms with E-state index in [1.807, 2.05) is 30.3 Å². The molecule has 18 heavy (non-hydrogen) atoms. The molecule has 0 aliphatic heterocycles. The smallest absolute Gasteiger partial charge is 0.185 e. The zero-order valence-corrected chi connectivity index (χ0v) is 11.8. The van der Waals surface area contributed by atoms with Crippen LogP contribution < -0.4 is 5.73 Å². The highest BCUT2D eigenvalue weighted by molar-refractivity contribution is 14.1. The molecular weight excluding hydrogens is 337 g/mol. The normalized spacial score (nSPS) is 10.7. The van der Waals surface area contributed by atoms with Crippen LogP contribution in [-0.4, -0.2) is 5.78 Å². The van der Waals surface area contributed by atoms with Crippen molar-refractivity contribution in [3.8, 4) is 0 Å². The molecule has 0 aliphatic carbocycles. The average Bonchev–Trinajstić information content (AvgIpc) is 2.38. The maximum atomic E-state index is 11.9. The van der Waals surface area contributed by atoms with E-state index in [0.29, 0.717) is 11.3 Å². The summed E-state index contributed by atoms with van der Waals surface area (Å²) >= 11 is 2.25. The fraction of sp³-hybridized carbons (Fsp3) is 0. The van der Waals surface area contributed by atoms with Crippen molar-refractivity contribution in [2.75, 3.05) is 5.73 Å². The number of carbonyl (C=O) groups is 1. The number of hydrogen-bond acceptors (Lipinski definition) is 2. The molecule has 0 saturated heterocycles. The lowest BCUT2D eigenvalue weighted by molar-refractivity contribution is 0.104. The maximum absolute atomic E-state index is 11.9. The van der Waals surface area contributed by atoms with E-state index in [1.54, 1.807) is 30.3 Å². The van der Waals surface area contributed by atoms with Gasteiger partial charge in [0.15, 0.2) is 5.78 Å². The fourth-order valence-corrected chi connectivity index (χ4v) is 1.85. The molecule has 0 radical (unpaired) electrons. The van der Waals surface area contributed by atoms with Crippen LogP contribution in [0.15, 0.2) is 54.6 Å². The van der Waals surface area contributed by atoms with Gasteiger partial charge in [0, 0.05) is 14.8 Å². The van der Waals surface area contributed by atoms with Crippen LogP contribution in [0, 0.1) is 3.57 Å². The molecule has 2 N–H and O–H groups in total. The van der Waals surface area contributed by atoms with Gasteiger partial charge < -0.3 is 5.73 Å². The van der Waals surface area contributed by atoms with Gasteiger partial charge in [-0.3, -0.25) is 4.79 Å². The number of hydrogen-bond donors (Lipinski definition) is 1. The number of nitrogens with two attached hydrogens (primary N) is 1. The molecule has 0 amide bonds. The van der Waals surface area contributed by atoms with E-state index in [9.17, 15) is 4.79 Å². The Morgan fingerprint density at radius 2 is 1.61 bits per heavy atom. The Morgan fingerprint density at radius 1 is 1.00 bits per heavy atom. The summed E-state index contributed by atoms with van der Waals surface area (Å²) < 4.78 is 1.18. The van der Waals surface area contributed by atoms with E-state index >= 15 is 0 Å². The first-order valence-electron chi connectivity index (χ1n) is 5.49. The van der Waals surface area contributed by atoms with Gasteiger partial charge in [0.1, 0.15) is 0 Å². The van der Waals surface area contributed by atoms with E-state index in [2.05, 4.69) is 22.6 Å². The van der Waals surface area contributed by atoms with Gasteiger partial charge in [-0.05, 0) is 70.6 Å². The van der Waals surface area contributed by atoms with E-state index in [-0.39, 0.29) is 5.78 Å². The van der Waals surface area contributed by atoms with Crippen molar-refractivity contribution in [3.05, 3.63) is 69.3 Å². The molecule has 2 nitrogen and oxygen atoms in total. The van der Waals surface area contributed by atoms with Crippen molar-refractivity contribution in [2.45, 2.75) is 0 Å². The van der Waals surface area contributed by atoms with Crippen molar-refractivity contribution in [3.63, 3.8) is 0 Å². The van der Waals surface area contributed by atoms with Gasteiger partial charge in [-0.1, -0.05) is 18.2 Å². The van der Waals surface area contributed by atoms with E-state index in [1.165, 1.54) is 3.57 Å². The molecule has 0 fully saturated rings. The first-order valence-corrected chi connectivity index (χ1v) is 6.56. The molecule has 0 atom stereocenters. The van der Waals surface area contributed by atoms with Gasteiger partial charge in [0.2, 0.25) is 0 Å². The lowest BCUT2D eigenvalue weighted by atomic mass is 10.1. The Morgan fingerprint density at radius 3 is 2.22 bits per heavy atom. The summed E-state index contributed by atoms with van der Waals surface area (Å²) in [5.74, 6) is -0.0199. The summed E-state index contributed by atoms with van der Waals surface area (Å²) in [5, 5.41) is 0. The minimum absolute atomic E-state index is 0.0199. The van der Waals surface area contributed by atoms with Crippen LogP contribution in [0.4, 0.5) is 5.69 Å². The zero-order chi connectivity index (χ0) is 13.0. The molecule has 0 aliphatic rings. The number of anilines is 1. The molecule has 0 aromatic heterocycles. The number of halogens is 1. The molecule has 0 bridgehead atoms. The highest BCUT2D eigenvalue weighted by Gasteiger charge is 2.00. The Kier molecular flexibility index (Phi) is 4.15. The van der Waals surface area contributed by atoms with Crippen molar-refractivity contribution in [2.24, 2.45) is 0 Å². The van der Waals surface area contributed by atoms with Crippen LogP contribution in [0.25, 0.3) is 6.08 Å². The van der Waals surface area contributed by atoms with Gasteiger partial charge >= 0.3 is 0 Å². The zero-order valence-electron chi connectivity index (χ0n) is 9.64. The summed E-state index contributed by atoms with van der Waals surface area (Å²) in [7, 11) is 0. The monoisotopic (exact) mass is 349 g/mol. The first-order chi connectivity index (χ1) is 8.65. The van der Waals surface area contributed by atoms with Crippen LogP contribution in [0.5, 0.6) is 0 Å². The van der Waals surface area contributed by atoms with Crippen molar-refractivity contribution in [1.82, 2.24) is 0 Å². The van der Waals surface area contributed by atoms with Gasteiger partial charge in [-0.15, -0.1) is 0 Å². The summed E-state index contributed by atoms with van der Waals surface area (Å²) in [4.78, 5) is 11.9. The van der Waals surface area contributed by atoms with Crippen LogP contribution in [-0.2, 0) is 0 Å². The number of allylic oxidation sites excluding steroid dienone is 1. The molecular formula is C15H12INO. The Hall–Kier alpha value is -1.62. The third-order valence-corrected chi connectivity index (χ3v) is 3.21. The summed E-state index contributed by atoms with van der Waals surface area (Å²) in [6, 6.07) is 14.9.